The zero-order valence-electron chi connectivity index (χ0n) is 10.3. The second-order valence-corrected chi connectivity index (χ2v) is 4.26. The lowest BCUT2D eigenvalue weighted by atomic mass is 10.0. The van der Waals surface area contributed by atoms with Crippen LogP contribution < -0.4 is 10.6 Å². The van der Waals surface area contributed by atoms with E-state index in [1.807, 2.05) is 4.90 Å². The molecule has 0 amide bonds. The summed E-state index contributed by atoms with van der Waals surface area (Å²) in [6.45, 7) is 0.981. The summed E-state index contributed by atoms with van der Waals surface area (Å²) < 4.78 is 10.5. The van der Waals surface area contributed by atoms with Gasteiger partial charge in [0.15, 0.2) is 0 Å². The van der Waals surface area contributed by atoms with Crippen LogP contribution in [0.25, 0.3) is 0 Å². The number of benzene rings is 1. The molecule has 1 aromatic carbocycles. The number of aromatic carboxylic acids is 1. The first-order valence-corrected chi connectivity index (χ1v) is 5.49. The van der Waals surface area contributed by atoms with Crippen molar-refractivity contribution in [3.8, 4) is 0 Å². The molecule has 1 aliphatic heterocycles. The summed E-state index contributed by atoms with van der Waals surface area (Å²) >= 11 is 0. The molecule has 1 saturated heterocycles. The maximum Gasteiger partial charge on any atom is 0.337 e. The summed E-state index contributed by atoms with van der Waals surface area (Å²) in [7, 11) is 3.14. The van der Waals surface area contributed by atoms with Crippen LogP contribution in [0.2, 0.25) is 0 Å². The van der Waals surface area contributed by atoms with Crippen LogP contribution in [0.4, 0.5) is 11.4 Å². The molecule has 1 aliphatic rings. The Morgan fingerprint density at radius 3 is 2.50 bits per heavy atom. The van der Waals surface area contributed by atoms with Crippen LogP contribution >= 0.6 is 0 Å². The van der Waals surface area contributed by atoms with E-state index in [-0.39, 0.29) is 5.56 Å². The summed E-state index contributed by atoms with van der Waals surface area (Å²) in [5.74, 6) is -1.64. The van der Waals surface area contributed by atoms with Crippen LogP contribution in [0, 0.1) is 0 Å². The molecule has 0 bridgehead atoms. The number of carbonyl (C=O) groups is 1. The standard InChI is InChI=1S/C12H16N2O4/c1-17-12(18-2)6-14(7-12)10-4-3-8(13)5-9(10)11(15)16/h3-5H,6-7,13H2,1-2H3,(H,15,16). The van der Waals surface area contributed by atoms with Gasteiger partial charge in [0.05, 0.1) is 24.3 Å². The Morgan fingerprint density at radius 1 is 1.39 bits per heavy atom. The minimum atomic E-state index is -0.996. The van der Waals surface area contributed by atoms with E-state index in [0.29, 0.717) is 24.5 Å². The molecule has 0 aromatic heterocycles. The topological polar surface area (TPSA) is 85.0 Å². The molecule has 0 radical (unpaired) electrons. The van der Waals surface area contributed by atoms with Gasteiger partial charge in [-0.3, -0.25) is 0 Å². The van der Waals surface area contributed by atoms with Crippen molar-refractivity contribution in [1.82, 2.24) is 0 Å². The van der Waals surface area contributed by atoms with Gasteiger partial charge < -0.3 is 25.2 Å². The maximum absolute atomic E-state index is 11.2. The molecule has 18 heavy (non-hydrogen) atoms. The van der Waals surface area contributed by atoms with E-state index >= 15 is 0 Å². The average Bonchev–Trinajstić information content (AvgIpc) is 2.30. The van der Waals surface area contributed by atoms with Crippen LogP contribution in [-0.2, 0) is 9.47 Å². The summed E-state index contributed by atoms with van der Waals surface area (Å²) in [5.41, 5.74) is 6.85. The van der Waals surface area contributed by atoms with E-state index in [0.717, 1.165) is 0 Å². The molecule has 1 heterocycles. The highest BCUT2D eigenvalue weighted by Gasteiger charge is 2.44. The molecule has 1 fully saturated rings. The third kappa shape index (κ3) is 2.00. The number of nitrogens with two attached hydrogens (primary N) is 1. The van der Waals surface area contributed by atoms with E-state index < -0.39 is 11.8 Å². The summed E-state index contributed by atoms with van der Waals surface area (Å²) in [4.78, 5) is 13.1. The number of ether oxygens (including phenoxy) is 2. The second kappa shape index (κ2) is 4.47. The van der Waals surface area contributed by atoms with E-state index in [1.54, 1.807) is 26.4 Å². The smallest absolute Gasteiger partial charge is 0.337 e. The molecule has 2 rings (SSSR count). The lowest BCUT2D eigenvalue weighted by Gasteiger charge is -2.49. The predicted molar refractivity (Wildman–Crippen MR) is 66.8 cm³/mol. The van der Waals surface area contributed by atoms with Crippen molar-refractivity contribution in [2.24, 2.45) is 0 Å². The van der Waals surface area contributed by atoms with Gasteiger partial charge >= 0.3 is 5.97 Å². The third-order valence-electron chi connectivity index (χ3n) is 3.20. The van der Waals surface area contributed by atoms with Crippen molar-refractivity contribution in [3.63, 3.8) is 0 Å². The second-order valence-electron chi connectivity index (χ2n) is 4.26. The first kappa shape index (κ1) is 12.7. The lowest BCUT2D eigenvalue weighted by Crippen LogP contribution is -2.64. The Hall–Kier alpha value is -1.79. The van der Waals surface area contributed by atoms with Crippen LogP contribution in [-0.4, -0.2) is 44.2 Å². The molecule has 0 atom stereocenters. The Morgan fingerprint density at radius 2 is 2.00 bits per heavy atom. The Bertz CT molecular complexity index is 463. The first-order valence-electron chi connectivity index (χ1n) is 5.49. The van der Waals surface area contributed by atoms with Crippen molar-refractivity contribution in [1.29, 1.82) is 0 Å². The highest BCUT2D eigenvalue weighted by Crippen LogP contribution is 2.33. The molecule has 98 valence electrons. The van der Waals surface area contributed by atoms with Gasteiger partial charge in [-0.1, -0.05) is 0 Å². The number of methoxy groups -OCH3 is 2. The summed E-state index contributed by atoms with van der Waals surface area (Å²) in [6, 6.07) is 4.84. The van der Waals surface area contributed by atoms with Gasteiger partial charge in [-0.05, 0) is 18.2 Å². The molecular weight excluding hydrogens is 236 g/mol. The van der Waals surface area contributed by atoms with Gasteiger partial charge in [0.2, 0.25) is 5.79 Å². The van der Waals surface area contributed by atoms with Gasteiger partial charge in [0, 0.05) is 19.9 Å². The fourth-order valence-electron chi connectivity index (χ4n) is 2.05. The van der Waals surface area contributed by atoms with Gasteiger partial charge in [0.1, 0.15) is 0 Å². The number of nitrogens with zero attached hydrogens (tertiary/aromatic N) is 1. The fourth-order valence-corrected chi connectivity index (χ4v) is 2.05. The monoisotopic (exact) mass is 252 g/mol. The molecule has 0 unspecified atom stereocenters. The Labute approximate surface area is 105 Å². The number of nitrogen functional groups attached to an aromatic ring is 1. The minimum Gasteiger partial charge on any atom is -0.478 e. The summed E-state index contributed by atoms with van der Waals surface area (Å²) in [5, 5.41) is 9.16. The molecule has 0 spiro atoms. The highest BCUT2D eigenvalue weighted by molar-refractivity contribution is 5.95. The van der Waals surface area contributed by atoms with E-state index in [9.17, 15) is 4.79 Å². The predicted octanol–water partition coefficient (Wildman–Crippen LogP) is 0.776. The van der Waals surface area contributed by atoms with Crippen molar-refractivity contribution < 1.29 is 19.4 Å². The largest absolute Gasteiger partial charge is 0.478 e. The van der Waals surface area contributed by atoms with Crippen LogP contribution in [0.3, 0.4) is 0 Å². The molecule has 6 nitrogen and oxygen atoms in total. The molecule has 6 heteroatoms. The molecule has 1 aromatic rings. The number of carboxylic acid groups (broad SMARTS) is 1. The van der Waals surface area contributed by atoms with Gasteiger partial charge in [-0.15, -0.1) is 0 Å². The number of rotatable bonds is 4. The normalized spacial score (nSPS) is 17.3. The van der Waals surface area contributed by atoms with Crippen LogP contribution in [0.1, 0.15) is 10.4 Å². The number of anilines is 2. The SMILES string of the molecule is COC1(OC)CN(c2ccc(N)cc2C(=O)O)C1. The van der Waals surface area contributed by atoms with E-state index in [1.165, 1.54) is 6.07 Å². The van der Waals surface area contributed by atoms with Gasteiger partial charge in [-0.25, -0.2) is 4.79 Å². The van der Waals surface area contributed by atoms with Crippen molar-refractivity contribution in [2.75, 3.05) is 37.9 Å². The average molecular weight is 252 g/mol. The quantitative estimate of drug-likeness (QED) is 0.608. The minimum absolute atomic E-state index is 0.191. The first-order chi connectivity index (χ1) is 8.51. The maximum atomic E-state index is 11.2. The van der Waals surface area contributed by atoms with E-state index in [2.05, 4.69) is 0 Å². The Balaban J connectivity index is 2.24. The van der Waals surface area contributed by atoms with Crippen molar-refractivity contribution in [2.45, 2.75) is 5.79 Å². The van der Waals surface area contributed by atoms with Crippen LogP contribution in [0.15, 0.2) is 18.2 Å². The van der Waals surface area contributed by atoms with Crippen molar-refractivity contribution in [3.05, 3.63) is 23.8 Å². The number of hydrogen-bond donors (Lipinski definition) is 2. The third-order valence-corrected chi connectivity index (χ3v) is 3.20. The zero-order chi connectivity index (χ0) is 13.3. The van der Waals surface area contributed by atoms with Crippen LogP contribution in [0.5, 0.6) is 0 Å². The Kier molecular flexibility index (Phi) is 3.14. The van der Waals surface area contributed by atoms with Crippen molar-refractivity contribution >= 4 is 17.3 Å². The van der Waals surface area contributed by atoms with Gasteiger partial charge in [0.25, 0.3) is 0 Å². The number of hydrogen-bond acceptors (Lipinski definition) is 5. The van der Waals surface area contributed by atoms with E-state index in [4.69, 9.17) is 20.3 Å². The molecule has 0 saturated carbocycles. The summed E-state index contributed by atoms with van der Waals surface area (Å²) in [6.07, 6.45) is 0. The highest BCUT2D eigenvalue weighted by atomic mass is 16.7. The lowest BCUT2D eigenvalue weighted by molar-refractivity contribution is -0.219. The number of carboxylic acids is 1. The molecule has 3 N–H and O–H groups in total. The zero-order valence-corrected chi connectivity index (χ0v) is 10.3. The fraction of sp³-hybridized carbons (Fsp3) is 0.417. The molecular formula is C12H16N2O4. The molecule has 0 aliphatic carbocycles. The van der Waals surface area contributed by atoms with Gasteiger partial charge in [-0.2, -0.15) is 0 Å².